The third kappa shape index (κ3) is 7.46. The maximum absolute atomic E-state index is 5.07. The number of aryl methyl sites for hydroxylation is 3. The number of nitrogens with zero attached hydrogens (tertiary/aromatic N) is 12. The summed E-state index contributed by atoms with van der Waals surface area (Å²) in [7, 11) is 0. The average molecular weight is 1070 g/mol. The van der Waals surface area contributed by atoms with Crippen molar-refractivity contribution in [1.82, 2.24) is 79.7 Å². The van der Waals surface area contributed by atoms with E-state index in [0.717, 1.165) is 104 Å². The fourth-order valence-electron chi connectivity index (χ4n) is 11.7. The molecule has 390 valence electrons. The second-order valence-electron chi connectivity index (χ2n) is 21.1. The topological polar surface area (TPSA) is 218 Å². The maximum atomic E-state index is 5.07. The van der Waals surface area contributed by atoms with Gasteiger partial charge in [0, 0.05) is 87.6 Å². The molecule has 0 saturated heterocycles. The highest BCUT2D eigenvalue weighted by molar-refractivity contribution is 6.08. The average Bonchev–Trinajstić information content (AvgIpc) is 3.66. The van der Waals surface area contributed by atoms with Crippen LogP contribution in [-0.2, 0) is 0 Å². The number of rotatable bonds is 0. The van der Waals surface area contributed by atoms with Gasteiger partial charge in [0.05, 0.1) is 0 Å². The zero-order chi connectivity index (χ0) is 55.0. The predicted octanol–water partition coefficient (Wildman–Crippen LogP) is 14.7. The minimum atomic E-state index is 0.598. The Bertz CT molecular complexity index is 5360. The monoisotopic (exact) mass is 1070 g/mol. The number of hydrogen-bond donors (Lipinski definition) is 4. The minimum absolute atomic E-state index is 0.598. The number of nitrogens with one attached hydrogen (secondary N) is 4. The van der Waals surface area contributed by atoms with Crippen LogP contribution in [0.2, 0.25) is 0 Å². The van der Waals surface area contributed by atoms with E-state index in [1.54, 1.807) is 0 Å². The SMILES string of the molecule is Cc1ccc2c(c1)-c1nc-2nc2[nH]c(nc3nc(nc4[nH]c(n1)c1ccccc41)-c1ccc(C)cc1-3)c1ccccc21.Cc1ccc2c(c1)-c1nc-2nc2[nH]c(nc3nc(nc4[nH]c(n1)c1ccccc41)-c1ccccc1-3)c1ccccc21. The van der Waals surface area contributed by atoms with Gasteiger partial charge in [-0.25, -0.2) is 59.8 Å². The lowest BCUT2D eigenvalue weighted by atomic mass is 10.1. The van der Waals surface area contributed by atoms with E-state index in [4.69, 9.17) is 59.8 Å². The minimum Gasteiger partial charge on any atom is -0.324 e. The predicted molar refractivity (Wildman–Crippen MR) is 326 cm³/mol. The van der Waals surface area contributed by atoms with Crippen molar-refractivity contribution in [2.24, 2.45) is 0 Å². The summed E-state index contributed by atoms with van der Waals surface area (Å²) in [6, 6.07) is 59.2. The largest absolute Gasteiger partial charge is 0.324 e. The van der Waals surface area contributed by atoms with Crippen LogP contribution in [-0.4, -0.2) is 79.7 Å². The number of benzene rings is 8. The Balaban J connectivity index is 0.000000131. The zero-order valence-electron chi connectivity index (χ0n) is 44.6. The summed E-state index contributed by atoms with van der Waals surface area (Å²) in [5.74, 6) is 4.82. The molecule has 6 aromatic heterocycles. The van der Waals surface area contributed by atoms with Crippen molar-refractivity contribution < 1.29 is 0 Å². The summed E-state index contributed by atoms with van der Waals surface area (Å²) in [6.07, 6.45) is 0. The summed E-state index contributed by atoms with van der Waals surface area (Å²) in [5.41, 5.74) is 16.4. The van der Waals surface area contributed by atoms with Crippen molar-refractivity contribution in [3.8, 4) is 91.1 Å². The lowest BCUT2D eigenvalue weighted by Crippen LogP contribution is -1.84. The van der Waals surface area contributed by atoms with Gasteiger partial charge in [0.15, 0.2) is 46.6 Å². The van der Waals surface area contributed by atoms with E-state index < -0.39 is 0 Å². The standard InChI is InChI=1S/C34H22N8.C33H20N8/c1-17-11-13-23-25(15-17)33-39-29-21-9-5-3-7-19(21)28(35-29)38-32-24-14-12-18(2)16-26(24)34(42-32)40-30-22-10-6-4-8-20(22)27(36-30)37-31(23)41-33;1-17-14-15-24-25(16-17)33-40-31-23-13-7-6-12-22(23)29(38-31)36-27-19-9-3-2-8-18(19)26(34-27)35-28-20-10-4-5-11-21(20)30(37-28)39-32(24)41-33/h3-16H,1-2H3,(H2,35,36,37,38,39,40,41,42);2-16H,1H3,(H2,34,35,36,37,38,39,40,41). The molecule has 0 fully saturated rings. The molecule has 0 atom stereocenters. The van der Waals surface area contributed by atoms with Crippen LogP contribution in [0.5, 0.6) is 0 Å². The van der Waals surface area contributed by atoms with Crippen molar-refractivity contribution in [1.29, 1.82) is 0 Å². The first-order chi connectivity index (χ1) is 40.8. The van der Waals surface area contributed by atoms with Crippen molar-refractivity contribution in [3.05, 3.63) is 193 Å². The molecule has 0 aliphatic carbocycles. The highest BCUT2D eigenvalue weighted by atomic mass is 15.1. The Hall–Kier alpha value is -11.5. The summed E-state index contributed by atoms with van der Waals surface area (Å²) in [5, 5.41) is 7.65. The molecule has 4 N–H and O–H groups in total. The van der Waals surface area contributed by atoms with Gasteiger partial charge in [0.1, 0.15) is 45.2 Å². The maximum Gasteiger partial charge on any atom is 0.164 e. The fourth-order valence-corrected chi connectivity index (χ4v) is 11.7. The van der Waals surface area contributed by atoms with Crippen molar-refractivity contribution in [3.63, 3.8) is 0 Å². The van der Waals surface area contributed by atoms with Crippen LogP contribution in [0.1, 0.15) is 16.7 Å². The number of hydrogen-bond acceptors (Lipinski definition) is 12. The van der Waals surface area contributed by atoms with Gasteiger partial charge in [0.25, 0.3) is 0 Å². The normalized spacial score (nSPS) is 12.0. The summed E-state index contributed by atoms with van der Waals surface area (Å²) >= 11 is 0. The van der Waals surface area contributed by atoms with E-state index in [2.05, 4.69) is 95.3 Å². The van der Waals surface area contributed by atoms with Gasteiger partial charge >= 0.3 is 0 Å². The summed E-state index contributed by atoms with van der Waals surface area (Å²) in [6.45, 7) is 6.21. The van der Waals surface area contributed by atoms with Gasteiger partial charge in [-0.1, -0.05) is 174 Å². The van der Waals surface area contributed by atoms with E-state index in [1.807, 2.05) is 121 Å². The molecular formula is C67H42N16. The Morgan fingerprint density at radius 2 is 0.373 bits per heavy atom. The Morgan fingerprint density at radius 1 is 0.193 bits per heavy atom. The molecule has 4 aliphatic rings. The van der Waals surface area contributed by atoms with Crippen LogP contribution in [0.25, 0.3) is 179 Å². The highest BCUT2D eigenvalue weighted by Gasteiger charge is 2.25. The van der Waals surface area contributed by atoms with Gasteiger partial charge in [-0.2, -0.15) is 0 Å². The van der Waals surface area contributed by atoms with Crippen LogP contribution in [0.15, 0.2) is 176 Å². The van der Waals surface area contributed by atoms with Crippen molar-refractivity contribution in [2.45, 2.75) is 20.8 Å². The first-order valence-corrected chi connectivity index (χ1v) is 27.2. The smallest absolute Gasteiger partial charge is 0.164 e. The van der Waals surface area contributed by atoms with E-state index in [-0.39, 0.29) is 0 Å². The number of aromatic amines is 4. The molecule has 14 aromatic rings. The molecule has 18 rings (SSSR count). The summed E-state index contributed by atoms with van der Waals surface area (Å²) < 4.78 is 0. The zero-order valence-corrected chi connectivity index (χ0v) is 44.6. The molecule has 0 amide bonds. The Morgan fingerprint density at radius 3 is 0.590 bits per heavy atom. The van der Waals surface area contributed by atoms with Crippen LogP contribution in [0.4, 0.5) is 0 Å². The van der Waals surface area contributed by atoms with E-state index in [0.29, 0.717) is 91.8 Å². The van der Waals surface area contributed by atoms with Gasteiger partial charge in [-0.3, -0.25) is 0 Å². The van der Waals surface area contributed by atoms with Crippen molar-refractivity contribution >= 4 is 88.3 Å². The molecular weight excluding hydrogens is 1030 g/mol. The van der Waals surface area contributed by atoms with E-state index in [1.165, 1.54) is 0 Å². The Kier molecular flexibility index (Phi) is 9.92. The second-order valence-corrected chi connectivity index (χ2v) is 21.1. The van der Waals surface area contributed by atoms with Gasteiger partial charge in [-0.15, -0.1) is 0 Å². The van der Waals surface area contributed by atoms with Crippen LogP contribution in [0, 0.1) is 20.8 Å². The van der Waals surface area contributed by atoms with Crippen LogP contribution in [0.3, 0.4) is 0 Å². The third-order valence-corrected chi connectivity index (χ3v) is 15.7. The van der Waals surface area contributed by atoms with Gasteiger partial charge in [0.2, 0.25) is 0 Å². The molecule has 8 aromatic carbocycles. The van der Waals surface area contributed by atoms with Crippen molar-refractivity contribution in [2.75, 3.05) is 0 Å². The fraction of sp³-hybridized carbons (Fsp3) is 0.0448. The molecule has 0 spiro atoms. The molecule has 16 nitrogen and oxygen atoms in total. The number of aromatic nitrogens is 16. The van der Waals surface area contributed by atoms with Gasteiger partial charge in [-0.05, 0) is 39.0 Å². The molecule has 83 heavy (non-hydrogen) atoms. The summed E-state index contributed by atoms with van der Waals surface area (Å²) in [4.78, 5) is 74.1. The molecule has 10 heterocycles. The number of H-pyrrole nitrogens is 4. The molecule has 16 heteroatoms. The van der Waals surface area contributed by atoms with E-state index >= 15 is 0 Å². The lowest BCUT2D eigenvalue weighted by molar-refractivity contribution is 1.19. The molecule has 4 aliphatic heterocycles. The van der Waals surface area contributed by atoms with Crippen LogP contribution >= 0.6 is 0 Å². The highest BCUT2D eigenvalue weighted by Crippen LogP contribution is 2.40. The lowest BCUT2D eigenvalue weighted by Gasteiger charge is -1.99. The third-order valence-electron chi connectivity index (χ3n) is 15.7. The first-order valence-electron chi connectivity index (χ1n) is 27.2. The second kappa shape index (κ2) is 17.7. The quantitative estimate of drug-likeness (QED) is 0.111. The van der Waals surface area contributed by atoms with E-state index in [9.17, 15) is 0 Å². The molecule has 16 bridgehead atoms. The van der Waals surface area contributed by atoms with Crippen LogP contribution < -0.4 is 0 Å². The molecule has 0 radical (unpaired) electrons. The molecule has 0 saturated carbocycles. The Labute approximate surface area is 470 Å². The molecule has 0 unspecified atom stereocenters. The first kappa shape index (κ1) is 46.4. The van der Waals surface area contributed by atoms with Gasteiger partial charge < -0.3 is 19.9 Å². The number of fused-ring (bicyclic) bond motifs is 40.